The molecule has 0 aromatic heterocycles. The highest BCUT2D eigenvalue weighted by molar-refractivity contribution is 5.94. The number of carboxylic acids is 1. The third kappa shape index (κ3) is 5.81. The van der Waals surface area contributed by atoms with E-state index in [4.69, 9.17) is 9.47 Å². The lowest BCUT2D eigenvalue weighted by molar-refractivity contribution is -0.139. The Kier molecular flexibility index (Phi) is 6.98. The monoisotopic (exact) mass is 399 g/mol. The Bertz CT molecular complexity index is 910. The quantitative estimate of drug-likeness (QED) is 0.628. The first-order valence-electron chi connectivity index (χ1n) is 9.10. The molecule has 0 fully saturated rings. The molecule has 29 heavy (non-hydrogen) atoms. The fourth-order valence-electron chi connectivity index (χ4n) is 2.91. The summed E-state index contributed by atoms with van der Waals surface area (Å²) in [5, 5.41) is 12.1. The van der Waals surface area contributed by atoms with Crippen molar-refractivity contribution in [1.82, 2.24) is 5.32 Å². The number of amides is 1. The van der Waals surface area contributed by atoms with E-state index in [1.54, 1.807) is 62.4 Å². The second-order valence-electron chi connectivity index (χ2n) is 6.97. The van der Waals surface area contributed by atoms with Gasteiger partial charge in [0.05, 0.1) is 19.1 Å². The second-order valence-corrected chi connectivity index (χ2v) is 6.97. The van der Waals surface area contributed by atoms with Crippen molar-refractivity contribution < 1.29 is 29.0 Å². The van der Waals surface area contributed by atoms with Crippen LogP contribution in [0.5, 0.6) is 11.5 Å². The highest BCUT2D eigenvalue weighted by atomic mass is 16.5. The van der Waals surface area contributed by atoms with Crippen LogP contribution in [0.2, 0.25) is 0 Å². The van der Waals surface area contributed by atoms with Crippen molar-refractivity contribution in [1.29, 1.82) is 0 Å². The second kappa shape index (κ2) is 9.23. The lowest BCUT2D eigenvalue weighted by atomic mass is 9.88. The van der Waals surface area contributed by atoms with Crippen molar-refractivity contribution >= 4 is 17.7 Å². The number of Topliss-reactive ketones (excluding diaryl/α,β-unsaturated/α-hetero) is 1. The molecule has 2 aromatic carbocycles. The van der Waals surface area contributed by atoms with Gasteiger partial charge < -0.3 is 19.9 Å². The van der Waals surface area contributed by atoms with Crippen LogP contribution in [-0.2, 0) is 15.1 Å². The number of ketones is 1. The number of carbonyl (C=O) groups is 3. The van der Waals surface area contributed by atoms with E-state index in [0.29, 0.717) is 22.6 Å². The van der Waals surface area contributed by atoms with Gasteiger partial charge in [-0.1, -0.05) is 24.3 Å². The third-order valence-corrected chi connectivity index (χ3v) is 4.53. The van der Waals surface area contributed by atoms with Gasteiger partial charge in [-0.3, -0.25) is 14.4 Å². The normalized spacial score (nSPS) is 13.7. The van der Waals surface area contributed by atoms with Gasteiger partial charge in [0.2, 0.25) is 0 Å². The van der Waals surface area contributed by atoms with Gasteiger partial charge in [0.25, 0.3) is 5.91 Å². The number of carbonyl (C=O) groups excluding carboxylic acids is 2. The van der Waals surface area contributed by atoms with Gasteiger partial charge in [-0.05, 0) is 50.6 Å². The smallest absolute Gasteiger partial charge is 0.306 e. The molecule has 0 spiro atoms. The molecule has 0 heterocycles. The maximum Gasteiger partial charge on any atom is 0.306 e. The minimum Gasteiger partial charge on any atom is -0.497 e. The topological polar surface area (TPSA) is 102 Å². The Hall–Kier alpha value is -3.35. The number of carboxylic acid groups (broad SMARTS) is 1. The van der Waals surface area contributed by atoms with Crippen LogP contribution in [0.25, 0.3) is 0 Å². The SMILES string of the molecule is COc1cccc(C(C)(CC(=O)O)NC(=O)C(C)Oc2cccc(C(C)=O)c2)c1. The Morgan fingerprint density at radius 2 is 1.76 bits per heavy atom. The average Bonchev–Trinajstić information content (AvgIpc) is 2.67. The number of nitrogens with one attached hydrogen (secondary N) is 1. The Balaban J connectivity index is 2.21. The standard InChI is InChI=1S/C22H25NO6/c1-14(24)16-7-5-10-19(11-16)29-15(2)21(27)23-22(3,13-20(25)26)17-8-6-9-18(12-17)28-4/h5-12,15H,13H2,1-4H3,(H,23,27)(H,25,26). The van der Waals surface area contributed by atoms with Gasteiger partial charge in [-0.15, -0.1) is 0 Å². The minimum atomic E-state index is -1.17. The molecule has 2 aromatic rings. The molecule has 7 nitrogen and oxygen atoms in total. The van der Waals surface area contributed by atoms with Gasteiger partial charge in [0.1, 0.15) is 11.5 Å². The summed E-state index contributed by atoms with van der Waals surface area (Å²) >= 11 is 0. The summed E-state index contributed by atoms with van der Waals surface area (Å²) in [4.78, 5) is 35.7. The summed E-state index contributed by atoms with van der Waals surface area (Å²) in [7, 11) is 1.51. The molecule has 1 amide bonds. The summed E-state index contributed by atoms with van der Waals surface area (Å²) < 4.78 is 10.9. The average molecular weight is 399 g/mol. The van der Waals surface area contributed by atoms with E-state index < -0.39 is 23.5 Å². The van der Waals surface area contributed by atoms with Gasteiger partial charge in [-0.2, -0.15) is 0 Å². The molecule has 154 valence electrons. The van der Waals surface area contributed by atoms with Crippen LogP contribution in [0, 0.1) is 0 Å². The molecule has 0 radical (unpaired) electrons. The number of benzene rings is 2. The predicted octanol–water partition coefficient (Wildman–Crippen LogP) is 3.17. The van der Waals surface area contributed by atoms with E-state index in [2.05, 4.69) is 5.32 Å². The van der Waals surface area contributed by atoms with E-state index in [1.807, 2.05) is 0 Å². The number of aliphatic carboxylic acids is 1. The number of hydrogen-bond donors (Lipinski definition) is 2. The molecule has 2 rings (SSSR count). The molecule has 0 saturated heterocycles. The fraction of sp³-hybridized carbons (Fsp3) is 0.318. The predicted molar refractivity (Wildman–Crippen MR) is 107 cm³/mol. The maximum atomic E-state index is 12.8. The summed E-state index contributed by atoms with van der Waals surface area (Å²) in [6.07, 6.45) is -1.23. The number of rotatable bonds is 9. The van der Waals surface area contributed by atoms with Crippen LogP contribution >= 0.6 is 0 Å². The summed E-state index contributed by atoms with van der Waals surface area (Å²) in [5.74, 6) is -0.719. The first-order chi connectivity index (χ1) is 13.6. The summed E-state index contributed by atoms with van der Waals surface area (Å²) in [5.41, 5.74) is -0.100. The van der Waals surface area contributed by atoms with Crippen molar-refractivity contribution in [3.63, 3.8) is 0 Å². The molecule has 0 aliphatic heterocycles. The van der Waals surface area contributed by atoms with Crippen molar-refractivity contribution in [2.24, 2.45) is 0 Å². The van der Waals surface area contributed by atoms with E-state index in [-0.39, 0.29) is 12.2 Å². The van der Waals surface area contributed by atoms with Gasteiger partial charge in [0, 0.05) is 5.56 Å². The van der Waals surface area contributed by atoms with Crippen LogP contribution < -0.4 is 14.8 Å². The zero-order chi connectivity index (χ0) is 21.6. The van der Waals surface area contributed by atoms with E-state index in [1.165, 1.54) is 14.0 Å². The van der Waals surface area contributed by atoms with Crippen LogP contribution in [0.4, 0.5) is 0 Å². The Labute approximate surface area is 169 Å². The fourth-order valence-corrected chi connectivity index (χ4v) is 2.91. The first-order valence-corrected chi connectivity index (χ1v) is 9.10. The Morgan fingerprint density at radius 1 is 1.10 bits per heavy atom. The van der Waals surface area contributed by atoms with Crippen LogP contribution in [0.15, 0.2) is 48.5 Å². The van der Waals surface area contributed by atoms with E-state index in [0.717, 1.165) is 0 Å². The van der Waals surface area contributed by atoms with Crippen molar-refractivity contribution in [3.8, 4) is 11.5 Å². The lowest BCUT2D eigenvalue weighted by Gasteiger charge is -2.31. The molecule has 0 aliphatic rings. The zero-order valence-corrected chi connectivity index (χ0v) is 16.9. The van der Waals surface area contributed by atoms with Crippen molar-refractivity contribution in [2.75, 3.05) is 7.11 Å². The van der Waals surface area contributed by atoms with Gasteiger partial charge in [-0.25, -0.2) is 0 Å². The molecule has 0 aliphatic carbocycles. The largest absolute Gasteiger partial charge is 0.497 e. The first kappa shape index (κ1) is 21.9. The van der Waals surface area contributed by atoms with Crippen molar-refractivity contribution in [2.45, 2.75) is 38.8 Å². The molecule has 0 saturated carbocycles. The highest BCUT2D eigenvalue weighted by Crippen LogP contribution is 2.28. The molecular weight excluding hydrogens is 374 g/mol. The maximum absolute atomic E-state index is 12.8. The number of ether oxygens (including phenoxy) is 2. The van der Waals surface area contributed by atoms with Crippen LogP contribution in [0.3, 0.4) is 0 Å². The van der Waals surface area contributed by atoms with Gasteiger partial charge in [0.15, 0.2) is 11.9 Å². The number of methoxy groups -OCH3 is 1. The Morgan fingerprint density at radius 3 is 2.38 bits per heavy atom. The molecule has 2 N–H and O–H groups in total. The molecule has 0 bridgehead atoms. The van der Waals surface area contributed by atoms with E-state index >= 15 is 0 Å². The van der Waals surface area contributed by atoms with Crippen molar-refractivity contribution in [3.05, 3.63) is 59.7 Å². The molecule has 2 unspecified atom stereocenters. The van der Waals surface area contributed by atoms with Crippen LogP contribution in [-0.4, -0.2) is 36.0 Å². The highest BCUT2D eigenvalue weighted by Gasteiger charge is 2.33. The molecule has 7 heteroatoms. The molecule has 2 atom stereocenters. The lowest BCUT2D eigenvalue weighted by Crippen LogP contribution is -2.49. The third-order valence-electron chi connectivity index (χ3n) is 4.53. The molecular formula is C22H25NO6. The van der Waals surface area contributed by atoms with E-state index in [9.17, 15) is 19.5 Å². The van der Waals surface area contributed by atoms with Gasteiger partial charge >= 0.3 is 5.97 Å². The zero-order valence-electron chi connectivity index (χ0n) is 16.9. The summed E-state index contributed by atoms with van der Waals surface area (Å²) in [6, 6.07) is 13.4. The van der Waals surface area contributed by atoms with Crippen LogP contribution in [0.1, 0.15) is 43.1 Å². The minimum absolute atomic E-state index is 0.111. The number of hydrogen-bond acceptors (Lipinski definition) is 5. The summed E-state index contributed by atoms with van der Waals surface area (Å²) in [6.45, 7) is 4.64.